The Kier molecular flexibility index (Phi) is 7.89. The minimum absolute atomic E-state index is 0.585. The minimum Gasteiger partial charge on any atom is -0.371 e. The van der Waals surface area contributed by atoms with E-state index >= 15 is 0 Å². The zero-order valence-electron chi connectivity index (χ0n) is 13.3. The van der Waals surface area contributed by atoms with Crippen LogP contribution in [-0.2, 0) is 17.8 Å². The number of hydrogen-bond acceptors (Lipinski definition) is 2. The summed E-state index contributed by atoms with van der Waals surface area (Å²) >= 11 is 0. The lowest BCUT2D eigenvalue weighted by Crippen LogP contribution is -1.97. The molecule has 0 saturated heterocycles. The predicted molar refractivity (Wildman–Crippen MR) is 85.7 cm³/mol. The van der Waals surface area contributed by atoms with E-state index in [-0.39, 0.29) is 0 Å². The smallest absolute Gasteiger partial charge is 0.0892 e. The summed E-state index contributed by atoms with van der Waals surface area (Å²) in [4.78, 5) is 4.38. The Labute approximate surface area is 123 Å². The standard InChI is InChI=1S/C18H27NO/c1-5-17-9-10-18(19-13-17)14-20-12-11-16(4)8-6-7-15(2)3/h7,9-11,13H,5-6,8,12,14H2,1-4H3. The summed E-state index contributed by atoms with van der Waals surface area (Å²) in [5.74, 6) is 0. The second kappa shape index (κ2) is 9.49. The second-order valence-corrected chi connectivity index (χ2v) is 5.40. The number of ether oxygens (including phenoxy) is 1. The van der Waals surface area contributed by atoms with Gasteiger partial charge in [0.1, 0.15) is 0 Å². The van der Waals surface area contributed by atoms with Gasteiger partial charge in [0.15, 0.2) is 0 Å². The maximum Gasteiger partial charge on any atom is 0.0892 e. The summed E-state index contributed by atoms with van der Waals surface area (Å²) < 4.78 is 5.64. The molecular formula is C18H27NO. The molecule has 0 atom stereocenters. The van der Waals surface area contributed by atoms with Gasteiger partial charge in [-0.1, -0.05) is 36.3 Å². The SMILES string of the molecule is CCc1ccc(COCC=C(C)CCC=C(C)C)nc1. The number of allylic oxidation sites excluding steroid dienone is 3. The van der Waals surface area contributed by atoms with Crippen molar-refractivity contribution in [3.05, 3.63) is 52.9 Å². The average Bonchev–Trinajstić information content (AvgIpc) is 2.44. The van der Waals surface area contributed by atoms with E-state index in [1.165, 1.54) is 16.7 Å². The topological polar surface area (TPSA) is 22.1 Å². The minimum atomic E-state index is 0.585. The summed E-state index contributed by atoms with van der Waals surface area (Å²) in [5.41, 5.74) is 5.04. The quantitative estimate of drug-likeness (QED) is 0.499. The molecule has 0 fully saturated rings. The maximum absolute atomic E-state index is 5.64. The molecule has 0 spiro atoms. The Morgan fingerprint density at radius 2 is 2.00 bits per heavy atom. The van der Waals surface area contributed by atoms with Crippen LogP contribution in [0.15, 0.2) is 41.6 Å². The molecule has 2 heteroatoms. The monoisotopic (exact) mass is 273 g/mol. The molecule has 0 N–H and O–H groups in total. The highest BCUT2D eigenvalue weighted by atomic mass is 16.5. The molecular weight excluding hydrogens is 246 g/mol. The van der Waals surface area contributed by atoms with Crippen molar-refractivity contribution in [1.82, 2.24) is 4.98 Å². The van der Waals surface area contributed by atoms with Crippen LogP contribution in [0.2, 0.25) is 0 Å². The number of aromatic nitrogens is 1. The molecule has 0 saturated carbocycles. The van der Waals surface area contributed by atoms with Gasteiger partial charge in [-0.25, -0.2) is 0 Å². The third kappa shape index (κ3) is 7.25. The van der Waals surface area contributed by atoms with Crippen LogP contribution in [0.5, 0.6) is 0 Å². The molecule has 1 heterocycles. The summed E-state index contributed by atoms with van der Waals surface area (Å²) in [6.07, 6.45) is 9.63. The van der Waals surface area contributed by atoms with Gasteiger partial charge in [-0.2, -0.15) is 0 Å². The first-order valence-electron chi connectivity index (χ1n) is 7.42. The number of aryl methyl sites for hydroxylation is 1. The third-order valence-corrected chi connectivity index (χ3v) is 3.19. The van der Waals surface area contributed by atoms with Crippen LogP contribution in [0.25, 0.3) is 0 Å². The highest BCUT2D eigenvalue weighted by Crippen LogP contribution is 2.07. The van der Waals surface area contributed by atoms with Gasteiger partial charge < -0.3 is 4.74 Å². The van der Waals surface area contributed by atoms with E-state index < -0.39 is 0 Å². The van der Waals surface area contributed by atoms with E-state index in [4.69, 9.17) is 4.74 Å². The Balaban J connectivity index is 2.24. The lowest BCUT2D eigenvalue weighted by molar-refractivity contribution is 0.145. The van der Waals surface area contributed by atoms with Crippen molar-refractivity contribution in [2.45, 2.75) is 53.6 Å². The van der Waals surface area contributed by atoms with Crippen molar-refractivity contribution < 1.29 is 4.74 Å². The molecule has 20 heavy (non-hydrogen) atoms. The van der Waals surface area contributed by atoms with Gasteiger partial charge >= 0.3 is 0 Å². The predicted octanol–water partition coefficient (Wildman–Crippen LogP) is 4.85. The van der Waals surface area contributed by atoms with Gasteiger partial charge in [-0.15, -0.1) is 0 Å². The first kappa shape index (κ1) is 16.6. The lowest BCUT2D eigenvalue weighted by atomic mass is 10.1. The van der Waals surface area contributed by atoms with Crippen molar-refractivity contribution in [3.63, 3.8) is 0 Å². The van der Waals surface area contributed by atoms with Crippen LogP contribution in [0.1, 0.15) is 51.8 Å². The fraction of sp³-hybridized carbons (Fsp3) is 0.500. The van der Waals surface area contributed by atoms with Gasteiger partial charge in [0, 0.05) is 6.20 Å². The van der Waals surface area contributed by atoms with E-state index in [1.54, 1.807) is 0 Å². The van der Waals surface area contributed by atoms with Crippen molar-refractivity contribution in [2.24, 2.45) is 0 Å². The van der Waals surface area contributed by atoms with Gasteiger partial charge in [-0.05, 0) is 51.7 Å². The summed E-state index contributed by atoms with van der Waals surface area (Å²) in [5, 5.41) is 0. The highest BCUT2D eigenvalue weighted by molar-refractivity contribution is 5.13. The van der Waals surface area contributed by atoms with E-state index in [0.717, 1.165) is 25.0 Å². The van der Waals surface area contributed by atoms with Crippen molar-refractivity contribution in [1.29, 1.82) is 0 Å². The van der Waals surface area contributed by atoms with Gasteiger partial charge in [0.05, 0.1) is 18.9 Å². The molecule has 0 aliphatic carbocycles. The number of hydrogen-bond donors (Lipinski definition) is 0. The summed E-state index contributed by atoms with van der Waals surface area (Å²) in [6, 6.07) is 4.16. The maximum atomic E-state index is 5.64. The van der Waals surface area contributed by atoms with E-state index in [1.807, 2.05) is 12.3 Å². The number of nitrogens with zero attached hydrogens (tertiary/aromatic N) is 1. The normalized spacial score (nSPS) is 11.5. The van der Waals surface area contributed by atoms with E-state index in [0.29, 0.717) is 13.2 Å². The molecule has 0 bridgehead atoms. The van der Waals surface area contributed by atoms with Crippen molar-refractivity contribution in [3.8, 4) is 0 Å². The third-order valence-electron chi connectivity index (χ3n) is 3.19. The molecule has 0 amide bonds. The Hall–Kier alpha value is -1.41. The first-order valence-corrected chi connectivity index (χ1v) is 7.42. The van der Waals surface area contributed by atoms with Crippen molar-refractivity contribution >= 4 is 0 Å². The average molecular weight is 273 g/mol. The second-order valence-electron chi connectivity index (χ2n) is 5.40. The summed E-state index contributed by atoms with van der Waals surface area (Å²) in [6.45, 7) is 9.82. The summed E-state index contributed by atoms with van der Waals surface area (Å²) in [7, 11) is 0. The fourth-order valence-electron chi connectivity index (χ4n) is 1.80. The van der Waals surface area contributed by atoms with Crippen LogP contribution in [-0.4, -0.2) is 11.6 Å². The zero-order valence-corrected chi connectivity index (χ0v) is 13.3. The number of pyridine rings is 1. The van der Waals surface area contributed by atoms with Gasteiger partial charge in [-0.3, -0.25) is 4.98 Å². The molecule has 1 aromatic heterocycles. The largest absolute Gasteiger partial charge is 0.371 e. The van der Waals surface area contributed by atoms with E-state index in [2.05, 4.69) is 50.9 Å². The molecule has 1 rings (SSSR count). The molecule has 0 aromatic carbocycles. The Morgan fingerprint density at radius 3 is 2.60 bits per heavy atom. The van der Waals surface area contributed by atoms with Crippen LogP contribution in [0.4, 0.5) is 0 Å². The first-order chi connectivity index (χ1) is 9.61. The van der Waals surface area contributed by atoms with Crippen LogP contribution in [0.3, 0.4) is 0 Å². The molecule has 1 aromatic rings. The number of rotatable bonds is 8. The van der Waals surface area contributed by atoms with Gasteiger partial charge in [0.25, 0.3) is 0 Å². The van der Waals surface area contributed by atoms with Crippen LogP contribution < -0.4 is 0 Å². The molecule has 0 unspecified atom stereocenters. The molecule has 0 aliphatic rings. The van der Waals surface area contributed by atoms with Gasteiger partial charge in [0.2, 0.25) is 0 Å². The molecule has 0 aliphatic heterocycles. The highest BCUT2D eigenvalue weighted by Gasteiger charge is 1.95. The zero-order chi connectivity index (χ0) is 14.8. The van der Waals surface area contributed by atoms with Crippen LogP contribution in [0, 0.1) is 0 Å². The molecule has 0 radical (unpaired) electrons. The van der Waals surface area contributed by atoms with Crippen LogP contribution >= 0.6 is 0 Å². The Bertz CT molecular complexity index is 439. The molecule has 2 nitrogen and oxygen atoms in total. The Morgan fingerprint density at radius 1 is 1.20 bits per heavy atom. The van der Waals surface area contributed by atoms with E-state index in [9.17, 15) is 0 Å². The molecule has 110 valence electrons. The fourth-order valence-corrected chi connectivity index (χ4v) is 1.80. The van der Waals surface area contributed by atoms with Crippen molar-refractivity contribution in [2.75, 3.05) is 6.61 Å². The lowest BCUT2D eigenvalue weighted by Gasteiger charge is -2.03.